The van der Waals surface area contributed by atoms with E-state index < -0.39 is 5.97 Å². The first-order chi connectivity index (χ1) is 10.2. The van der Waals surface area contributed by atoms with E-state index in [4.69, 9.17) is 14.2 Å². The Morgan fingerprint density at radius 3 is 2.05 bits per heavy atom. The first-order valence-corrected chi connectivity index (χ1v) is 7.89. The van der Waals surface area contributed by atoms with Crippen LogP contribution in [0.15, 0.2) is 4.99 Å². The van der Waals surface area contributed by atoms with Crippen LogP contribution in [0.5, 0.6) is 0 Å². The highest BCUT2D eigenvalue weighted by atomic mass is 16.9. The molecule has 0 spiro atoms. The Bertz CT molecular complexity index is 278. The van der Waals surface area contributed by atoms with Crippen molar-refractivity contribution in [2.24, 2.45) is 10.9 Å². The summed E-state index contributed by atoms with van der Waals surface area (Å²) in [5.74, 6) is -0.878. The Labute approximate surface area is 129 Å². The highest BCUT2D eigenvalue weighted by Gasteiger charge is 2.39. The third-order valence-electron chi connectivity index (χ3n) is 3.90. The molecule has 1 unspecified atom stereocenters. The zero-order valence-electron chi connectivity index (χ0n) is 14.0. The standard InChI is InChI=1S/C16H31NO4/c1-5-6-7-8-9-11-15(12-10-13-17-14-18)16(19-2,20-3)21-4/h15H,5-13H2,1-4H3. The van der Waals surface area contributed by atoms with E-state index in [-0.39, 0.29) is 5.92 Å². The number of methoxy groups -OCH3 is 3. The molecule has 0 heterocycles. The minimum Gasteiger partial charge on any atom is -0.331 e. The van der Waals surface area contributed by atoms with Crippen molar-refractivity contribution < 1.29 is 19.0 Å². The Kier molecular flexibility index (Phi) is 12.5. The summed E-state index contributed by atoms with van der Waals surface area (Å²) in [7, 11) is 4.79. The predicted molar refractivity (Wildman–Crippen MR) is 82.8 cm³/mol. The van der Waals surface area contributed by atoms with Gasteiger partial charge in [0.2, 0.25) is 6.08 Å². The van der Waals surface area contributed by atoms with Gasteiger partial charge in [0.25, 0.3) is 5.97 Å². The molecule has 0 rings (SSSR count). The molecule has 0 aliphatic heterocycles. The van der Waals surface area contributed by atoms with Crippen LogP contribution in [0.25, 0.3) is 0 Å². The molecule has 0 aromatic heterocycles. The van der Waals surface area contributed by atoms with Crippen LogP contribution in [-0.4, -0.2) is 39.9 Å². The molecule has 0 amide bonds. The van der Waals surface area contributed by atoms with Gasteiger partial charge in [0.1, 0.15) is 0 Å². The van der Waals surface area contributed by atoms with Crippen LogP contribution < -0.4 is 0 Å². The molecule has 0 fully saturated rings. The van der Waals surface area contributed by atoms with Crippen molar-refractivity contribution in [3.05, 3.63) is 0 Å². The summed E-state index contributed by atoms with van der Waals surface area (Å²) in [6.07, 6.45) is 10.3. The lowest BCUT2D eigenvalue weighted by atomic mass is 9.93. The van der Waals surface area contributed by atoms with Gasteiger partial charge in [0, 0.05) is 27.2 Å². The zero-order chi connectivity index (χ0) is 16.0. The van der Waals surface area contributed by atoms with Crippen molar-refractivity contribution in [3.8, 4) is 0 Å². The van der Waals surface area contributed by atoms with Crippen molar-refractivity contribution in [2.45, 2.75) is 64.3 Å². The molecule has 0 aromatic rings. The number of aliphatic imine (C=N–C) groups is 1. The molecule has 0 saturated heterocycles. The van der Waals surface area contributed by atoms with Crippen molar-refractivity contribution >= 4 is 6.08 Å². The lowest BCUT2D eigenvalue weighted by Gasteiger charge is -2.36. The van der Waals surface area contributed by atoms with Gasteiger partial charge in [-0.1, -0.05) is 39.0 Å². The molecule has 0 N–H and O–H groups in total. The fourth-order valence-corrected chi connectivity index (χ4v) is 2.70. The molecule has 0 aliphatic rings. The average molecular weight is 301 g/mol. The van der Waals surface area contributed by atoms with E-state index in [1.807, 2.05) is 0 Å². The van der Waals surface area contributed by atoms with E-state index in [1.54, 1.807) is 27.4 Å². The van der Waals surface area contributed by atoms with Crippen LogP contribution in [0.3, 0.4) is 0 Å². The smallest absolute Gasteiger partial charge is 0.285 e. The Hall–Kier alpha value is -0.740. The third-order valence-corrected chi connectivity index (χ3v) is 3.90. The van der Waals surface area contributed by atoms with E-state index in [2.05, 4.69) is 11.9 Å². The van der Waals surface area contributed by atoms with Crippen LogP contribution in [0.1, 0.15) is 58.3 Å². The molecule has 21 heavy (non-hydrogen) atoms. The number of isocyanates is 1. The van der Waals surface area contributed by atoms with E-state index in [9.17, 15) is 4.79 Å². The van der Waals surface area contributed by atoms with Crippen molar-refractivity contribution in [2.75, 3.05) is 27.9 Å². The zero-order valence-corrected chi connectivity index (χ0v) is 14.0. The number of unbranched alkanes of at least 4 members (excludes halogenated alkanes) is 4. The molecule has 0 saturated carbocycles. The Morgan fingerprint density at radius 2 is 1.52 bits per heavy atom. The second-order valence-corrected chi connectivity index (χ2v) is 5.23. The first kappa shape index (κ1) is 20.3. The lowest BCUT2D eigenvalue weighted by molar-refractivity contribution is -0.380. The predicted octanol–water partition coefficient (Wildman–Crippen LogP) is 3.67. The lowest BCUT2D eigenvalue weighted by Crippen LogP contribution is -2.44. The van der Waals surface area contributed by atoms with E-state index >= 15 is 0 Å². The quantitative estimate of drug-likeness (QED) is 0.212. The third kappa shape index (κ3) is 7.72. The van der Waals surface area contributed by atoms with E-state index in [0.29, 0.717) is 6.54 Å². The molecule has 0 radical (unpaired) electrons. The number of nitrogens with zero attached hydrogens (tertiary/aromatic N) is 1. The maximum absolute atomic E-state index is 10.1. The second kappa shape index (κ2) is 13.0. The van der Waals surface area contributed by atoms with Gasteiger partial charge in [-0.25, -0.2) is 9.79 Å². The maximum atomic E-state index is 10.1. The van der Waals surface area contributed by atoms with Gasteiger partial charge >= 0.3 is 0 Å². The summed E-state index contributed by atoms with van der Waals surface area (Å²) in [5.41, 5.74) is 0. The van der Waals surface area contributed by atoms with Crippen molar-refractivity contribution in [3.63, 3.8) is 0 Å². The molecule has 124 valence electrons. The van der Waals surface area contributed by atoms with Gasteiger partial charge in [0.15, 0.2) is 0 Å². The summed E-state index contributed by atoms with van der Waals surface area (Å²) in [5, 5.41) is 0. The fourth-order valence-electron chi connectivity index (χ4n) is 2.70. The number of rotatable bonds is 14. The highest BCUT2D eigenvalue weighted by molar-refractivity contribution is 5.32. The summed E-state index contributed by atoms with van der Waals surface area (Å²) < 4.78 is 16.4. The largest absolute Gasteiger partial charge is 0.331 e. The van der Waals surface area contributed by atoms with Crippen LogP contribution in [-0.2, 0) is 19.0 Å². The second-order valence-electron chi connectivity index (χ2n) is 5.23. The average Bonchev–Trinajstić information content (AvgIpc) is 2.52. The molecular weight excluding hydrogens is 270 g/mol. The Morgan fingerprint density at radius 1 is 0.952 bits per heavy atom. The van der Waals surface area contributed by atoms with Crippen LogP contribution in [0.2, 0.25) is 0 Å². The van der Waals surface area contributed by atoms with Crippen LogP contribution in [0.4, 0.5) is 0 Å². The molecule has 1 atom stereocenters. The molecule has 0 aromatic carbocycles. The summed E-state index contributed by atoms with van der Waals surface area (Å²) in [4.78, 5) is 13.7. The Balaban J connectivity index is 4.47. The highest BCUT2D eigenvalue weighted by Crippen LogP contribution is 2.32. The van der Waals surface area contributed by atoms with Gasteiger partial charge in [-0.15, -0.1) is 0 Å². The van der Waals surface area contributed by atoms with Crippen LogP contribution in [0, 0.1) is 5.92 Å². The molecule has 0 aliphatic carbocycles. The first-order valence-electron chi connectivity index (χ1n) is 7.89. The van der Waals surface area contributed by atoms with Crippen LogP contribution >= 0.6 is 0 Å². The summed E-state index contributed by atoms with van der Waals surface area (Å²) in [6.45, 7) is 2.70. The topological polar surface area (TPSA) is 57.1 Å². The van der Waals surface area contributed by atoms with Gasteiger partial charge in [-0.3, -0.25) is 0 Å². The summed E-state index contributed by atoms with van der Waals surface area (Å²) in [6, 6.07) is 0. The molecule has 0 bridgehead atoms. The number of hydrogen-bond donors (Lipinski definition) is 0. The minimum absolute atomic E-state index is 0.126. The van der Waals surface area contributed by atoms with E-state index in [1.165, 1.54) is 25.7 Å². The van der Waals surface area contributed by atoms with E-state index in [0.717, 1.165) is 25.7 Å². The number of hydrogen-bond acceptors (Lipinski definition) is 5. The molecular formula is C16H31NO4. The maximum Gasteiger partial charge on any atom is 0.285 e. The van der Waals surface area contributed by atoms with Gasteiger partial charge < -0.3 is 14.2 Å². The van der Waals surface area contributed by atoms with Crippen molar-refractivity contribution in [1.29, 1.82) is 0 Å². The SMILES string of the molecule is CCCCCCCC(CCCN=C=O)C(OC)(OC)OC. The van der Waals surface area contributed by atoms with Gasteiger partial charge in [-0.05, 0) is 19.3 Å². The minimum atomic E-state index is -1.00. The van der Waals surface area contributed by atoms with Gasteiger partial charge in [0.05, 0.1) is 6.54 Å². The fraction of sp³-hybridized carbons (Fsp3) is 0.938. The van der Waals surface area contributed by atoms with Crippen molar-refractivity contribution in [1.82, 2.24) is 0 Å². The number of carbonyl (C=O) groups excluding carboxylic acids is 1. The molecule has 5 nitrogen and oxygen atoms in total. The summed E-state index contributed by atoms with van der Waals surface area (Å²) >= 11 is 0. The normalized spacial score (nSPS) is 13.0. The molecule has 5 heteroatoms. The van der Waals surface area contributed by atoms with Gasteiger partial charge in [-0.2, -0.15) is 0 Å². The monoisotopic (exact) mass is 301 g/mol. The number of ether oxygens (including phenoxy) is 3.